The van der Waals surface area contributed by atoms with Gasteiger partial charge in [0.1, 0.15) is 0 Å². The second kappa shape index (κ2) is 11.5. The molecule has 0 spiro atoms. The van der Waals surface area contributed by atoms with Gasteiger partial charge in [0.15, 0.2) is 0 Å². The van der Waals surface area contributed by atoms with E-state index in [1.807, 2.05) is 0 Å². The van der Waals surface area contributed by atoms with E-state index < -0.39 is 36.4 Å². The summed E-state index contributed by atoms with van der Waals surface area (Å²) < 4.78 is 0. The third-order valence-corrected chi connectivity index (χ3v) is 3.05. The maximum absolute atomic E-state index is 10.5. The zero-order valence-electron chi connectivity index (χ0n) is 13.5. The Balaban J connectivity index is -0.000000159. The predicted molar refractivity (Wildman–Crippen MR) is 63.8 cm³/mol. The van der Waals surface area contributed by atoms with Crippen LogP contribution in [0.5, 0.6) is 0 Å². The molecule has 9 nitrogen and oxygen atoms in total. The molecule has 1 fully saturated rings. The van der Waals surface area contributed by atoms with Gasteiger partial charge in [0.05, 0.1) is 0 Å². The van der Waals surface area contributed by atoms with E-state index in [0.717, 1.165) is 12.8 Å². The van der Waals surface area contributed by atoms with Gasteiger partial charge in [0.2, 0.25) is 0 Å². The van der Waals surface area contributed by atoms with Crippen LogP contribution >= 0.6 is 0 Å². The number of aliphatic carboxylic acids is 3. The Morgan fingerprint density at radius 1 is 1.00 bits per heavy atom. The molecule has 1 saturated carbocycles. The van der Waals surface area contributed by atoms with Crippen molar-refractivity contribution in [1.29, 1.82) is 0 Å². The molecule has 0 amide bonds. The van der Waals surface area contributed by atoms with Crippen molar-refractivity contribution in [3.8, 4) is 0 Å². The predicted octanol–water partition coefficient (Wildman–Crippen LogP) is -3.40. The van der Waals surface area contributed by atoms with Crippen molar-refractivity contribution in [2.45, 2.75) is 50.3 Å². The van der Waals surface area contributed by atoms with E-state index in [2.05, 4.69) is 0 Å². The molecule has 0 aromatic carbocycles. The quantitative estimate of drug-likeness (QED) is 0.378. The Bertz CT molecular complexity index is 380. The minimum absolute atomic E-state index is 0. The smallest absolute Gasteiger partial charge is 0.847 e. The van der Waals surface area contributed by atoms with E-state index in [4.69, 9.17) is 11.5 Å². The van der Waals surface area contributed by atoms with E-state index in [0.29, 0.717) is 0 Å². The first-order chi connectivity index (χ1) is 9.66. The van der Waals surface area contributed by atoms with Crippen LogP contribution in [-0.4, -0.2) is 36.1 Å². The average molecular weight is 497 g/mol. The summed E-state index contributed by atoms with van der Waals surface area (Å²) in [6.07, 6.45) is 0.378. The van der Waals surface area contributed by atoms with Crippen LogP contribution in [0.3, 0.4) is 0 Å². The molecule has 0 aromatic heterocycles. The van der Waals surface area contributed by atoms with E-state index in [1.165, 1.54) is 12.8 Å². The third kappa shape index (κ3) is 9.09. The van der Waals surface area contributed by atoms with Gasteiger partial charge in [-0.15, -0.1) is 0 Å². The number of carboxylic acids is 3. The van der Waals surface area contributed by atoms with Gasteiger partial charge in [-0.3, -0.25) is 0 Å². The minimum Gasteiger partial charge on any atom is -0.847 e. The Kier molecular flexibility index (Phi) is 12.2. The van der Waals surface area contributed by atoms with Gasteiger partial charge in [-0.05, 0) is 12.3 Å². The van der Waals surface area contributed by atoms with E-state index in [9.17, 15) is 34.8 Å². The molecule has 128 valence electrons. The summed E-state index contributed by atoms with van der Waals surface area (Å²) >= 11 is 0. The van der Waals surface area contributed by atoms with Gasteiger partial charge in [-0.1, -0.05) is 31.8 Å². The normalized spacial score (nSPS) is 23.0. The van der Waals surface area contributed by atoms with Crippen molar-refractivity contribution >= 4 is 17.9 Å². The monoisotopic (exact) mass is 497 g/mol. The molecule has 10 heteroatoms. The molecule has 0 bridgehead atoms. The van der Waals surface area contributed by atoms with Crippen LogP contribution in [0, 0.1) is 5.92 Å². The van der Waals surface area contributed by atoms with Crippen molar-refractivity contribution in [3.63, 3.8) is 0 Å². The second-order valence-corrected chi connectivity index (χ2v) is 4.74. The summed E-state index contributed by atoms with van der Waals surface area (Å²) in [6, 6.07) is -0.160. The number of nitrogens with one attached hydrogen (secondary N) is 2. The van der Waals surface area contributed by atoms with Gasteiger partial charge in [-0.25, -0.2) is 0 Å². The molecule has 0 aliphatic heterocycles. The number of carbonyl (C=O) groups excluding carboxylic acids is 3. The van der Waals surface area contributed by atoms with Crippen LogP contribution in [0.25, 0.3) is 11.5 Å². The number of hydrogen-bond acceptors (Lipinski definition) is 7. The van der Waals surface area contributed by atoms with E-state index in [-0.39, 0.29) is 36.0 Å². The van der Waals surface area contributed by atoms with Crippen LogP contribution in [0.15, 0.2) is 0 Å². The zero-order valence-corrected chi connectivity index (χ0v) is 13.8. The number of rotatable bonds is 5. The summed E-state index contributed by atoms with van der Waals surface area (Å²) in [5.41, 5.74) is 14.6. The topological polar surface area (TPSA) is 191 Å². The number of hydrogen-bond donors (Lipinski definition) is 0. The summed E-state index contributed by atoms with van der Waals surface area (Å²) in [5.74, 6) is -8.24. The Hall–Kier alpha value is -1.02. The fourth-order valence-corrected chi connectivity index (χ4v) is 1.79. The van der Waals surface area contributed by atoms with Crippen LogP contribution in [0.4, 0.5) is 0 Å². The molecule has 0 saturated heterocycles. The largest absolute Gasteiger partial charge is 4.00 e. The number of carbonyl (C=O) groups is 3. The van der Waals surface area contributed by atoms with Crippen molar-refractivity contribution in [1.82, 2.24) is 0 Å². The maximum atomic E-state index is 10.5. The molecular formula is C12H18N2O7Pt. The van der Waals surface area contributed by atoms with Gasteiger partial charge in [0, 0.05) is 17.9 Å². The van der Waals surface area contributed by atoms with Crippen molar-refractivity contribution in [2.24, 2.45) is 5.92 Å². The molecule has 0 heterocycles. The van der Waals surface area contributed by atoms with Gasteiger partial charge in [0.25, 0.3) is 0 Å². The van der Waals surface area contributed by atoms with Gasteiger partial charge < -0.3 is 46.3 Å². The molecular weight excluding hydrogens is 479 g/mol. The van der Waals surface area contributed by atoms with Gasteiger partial charge in [-0.2, -0.15) is 12.1 Å². The molecule has 2 N–H and O–H groups in total. The molecule has 4 unspecified atom stereocenters. The summed E-state index contributed by atoms with van der Waals surface area (Å²) in [5, 5.41) is 40.4. The first kappa shape index (κ1) is 23.2. The standard InChI is InChI=1S/C6H12N2.C6H7O7.Pt/c7-5-3-1-2-4-6(5)8;7-3(8)1-2(5(10)11)4(9)6(12)13;/h5-8H,1-4H2;2,4H,1H2,(H,7,8)(H,10,11)(H,12,13);/q-2;-1;+4/p-1. The SMILES string of the molecule is O=C([O-])CC(C(=O)[O-])C([O-])C(=O)[O-].[H+].[H+].[NH-]C1CCCCC1[NH-].[Pt+4]. The molecule has 22 heavy (non-hydrogen) atoms. The summed E-state index contributed by atoms with van der Waals surface area (Å²) in [7, 11) is 0. The van der Waals surface area contributed by atoms with Crippen molar-refractivity contribution in [2.75, 3.05) is 0 Å². The summed E-state index contributed by atoms with van der Waals surface area (Å²) in [4.78, 5) is 29.9. The molecule has 0 radical (unpaired) electrons. The fraction of sp³-hybridized carbons (Fsp3) is 0.750. The average Bonchev–Trinajstić information content (AvgIpc) is 2.39. The van der Waals surface area contributed by atoms with Crippen LogP contribution in [0.2, 0.25) is 0 Å². The van der Waals surface area contributed by atoms with Crippen molar-refractivity contribution < 1.29 is 58.7 Å². The Labute approximate surface area is 144 Å². The Morgan fingerprint density at radius 3 is 1.64 bits per heavy atom. The van der Waals surface area contributed by atoms with Crippen LogP contribution in [-0.2, 0) is 35.4 Å². The molecule has 1 aliphatic rings. The minimum atomic E-state index is -2.66. The van der Waals surface area contributed by atoms with Crippen LogP contribution < -0.4 is 20.4 Å². The first-order valence-corrected chi connectivity index (χ1v) is 6.36. The second-order valence-electron chi connectivity index (χ2n) is 4.74. The maximum Gasteiger partial charge on any atom is 4.00 e. The zero-order chi connectivity index (χ0) is 16.6. The third-order valence-electron chi connectivity index (χ3n) is 3.05. The van der Waals surface area contributed by atoms with Gasteiger partial charge >= 0.3 is 23.9 Å². The first-order valence-electron chi connectivity index (χ1n) is 6.36. The molecule has 1 rings (SSSR count). The molecule has 0 aromatic rings. The van der Waals surface area contributed by atoms with E-state index >= 15 is 0 Å². The molecule has 4 atom stereocenters. The number of carboxylic acid groups (broad SMARTS) is 3. The van der Waals surface area contributed by atoms with Crippen molar-refractivity contribution in [3.05, 3.63) is 11.5 Å². The summed E-state index contributed by atoms with van der Waals surface area (Å²) in [6.45, 7) is 0. The van der Waals surface area contributed by atoms with Crippen LogP contribution in [0.1, 0.15) is 35.0 Å². The van der Waals surface area contributed by atoms with E-state index in [1.54, 1.807) is 0 Å². The Morgan fingerprint density at radius 2 is 1.41 bits per heavy atom. The molecule has 1 aliphatic carbocycles. The fourth-order valence-electron chi connectivity index (χ4n) is 1.79.